The van der Waals surface area contributed by atoms with Crippen LogP contribution in [0.25, 0.3) is 0 Å². The fourth-order valence-electron chi connectivity index (χ4n) is 1.68. The van der Waals surface area contributed by atoms with Gasteiger partial charge in [0.1, 0.15) is 10.7 Å². The molecule has 1 aromatic rings. The van der Waals surface area contributed by atoms with Gasteiger partial charge in [0, 0.05) is 26.6 Å². The van der Waals surface area contributed by atoms with E-state index < -0.39 is 0 Å². The number of carbonyl (C=O) groups excluding carboxylic acids is 1. The normalized spacial score (nSPS) is 11.9. The molecule has 9 heteroatoms. The summed E-state index contributed by atoms with van der Waals surface area (Å²) in [5.74, 6) is 0.0456. The Morgan fingerprint density at radius 3 is 2.81 bits per heavy atom. The van der Waals surface area contributed by atoms with E-state index in [1.807, 2.05) is 13.8 Å². The molecule has 0 spiro atoms. The van der Waals surface area contributed by atoms with Gasteiger partial charge in [0.25, 0.3) is 5.91 Å². The summed E-state index contributed by atoms with van der Waals surface area (Å²) >= 11 is 1.08. The van der Waals surface area contributed by atoms with E-state index in [2.05, 4.69) is 14.7 Å². The molecule has 0 fully saturated rings. The van der Waals surface area contributed by atoms with Crippen LogP contribution in [0.5, 0.6) is 0 Å². The van der Waals surface area contributed by atoms with Crippen molar-refractivity contribution in [3.05, 3.63) is 10.6 Å². The van der Waals surface area contributed by atoms with Gasteiger partial charge in [0.15, 0.2) is 0 Å². The second-order valence-corrected chi connectivity index (χ2v) is 5.52. The number of rotatable bonds is 8. The molecule has 0 aliphatic rings. The molecule has 0 bridgehead atoms. The molecule has 1 heterocycles. The Balaban J connectivity index is 2.85. The van der Waals surface area contributed by atoms with Gasteiger partial charge in [-0.1, -0.05) is 23.5 Å². The molecular weight excluding hydrogens is 294 g/mol. The summed E-state index contributed by atoms with van der Waals surface area (Å²) in [6, 6.07) is 0. The zero-order valence-electron chi connectivity index (χ0n) is 12.4. The van der Waals surface area contributed by atoms with Crippen molar-refractivity contribution in [2.24, 2.45) is 10.9 Å². The maximum absolute atomic E-state index is 12.6. The second kappa shape index (κ2) is 8.53. The molecule has 1 amide bonds. The number of nitrogens with two attached hydrogens (primary N) is 1. The SMILES string of the molecule is COCCN(CCC(N)=NO)C(=O)c1snnc1C(C)C. The third-order valence-corrected chi connectivity index (χ3v) is 3.60. The quantitative estimate of drug-likeness (QED) is 0.319. The number of oxime groups is 1. The molecule has 0 atom stereocenters. The van der Waals surface area contributed by atoms with E-state index in [0.29, 0.717) is 30.3 Å². The Bertz CT molecular complexity index is 489. The lowest BCUT2D eigenvalue weighted by molar-refractivity contribution is 0.0703. The maximum Gasteiger partial charge on any atom is 0.267 e. The molecule has 0 saturated heterocycles. The molecular formula is C12H21N5O3S. The predicted molar refractivity (Wildman–Crippen MR) is 79.8 cm³/mol. The fourth-order valence-corrected chi connectivity index (χ4v) is 2.47. The van der Waals surface area contributed by atoms with Gasteiger partial charge in [-0.15, -0.1) is 5.10 Å². The van der Waals surface area contributed by atoms with Gasteiger partial charge in [-0.05, 0) is 17.5 Å². The van der Waals surface area contributed by atoms with Crippen LogP contribution in [0.4, 0.5) is 0 Å². The summed E-state index contributed by atoms with van der Waals surface area (Å²) in [6.07, 6.45) is 0.287. The van der Waals surface area contributed by atoms with E-state index in [-0.39, 0.29) is 24.1 Å². The van der Waals surface area contributed by atoms with Crippen LogP contribution in [0.2, 0.25) is 0 Å². The van der Waals surface area contributed by atoms with Gasteiger partial charge in [0.2, 0.25) is 0 Å². The zero-order valence-corrected chi connectivity index (χ0v) is 13.3. The molecule has 21 heavy (non-hydrogen) atoms. The first-order valence-electron chi connectivity index (χ1n) is 6.58. The highest BCUT2D eigenvalue weighted by Crippen LogP contribution is 2.21. The first kappa shape index (κ1) is 17.3. The predicted octanol–water partition coefficient (Wildman–Crippen LogP) is 0.887. The maximum atomic E-state index is 12.6. The number of nitrogens with zero attached hydrogens (tertiary/aromatic N) is 4. The van der Waals surface area contributed by atoms with Crippen molar-refractivity contribution in [1.82, 2.24) is 14.5 Å². The molecule has 0 radical (unpaired) electrons. The second-order valence-electron chi connectivity index (χ2n) is 4.77. The highest BCUT2D eigenvalue weighted by atomic mass is 32.1. The molecule has 0 aliphatic carbocycles. The van der Waals surface area contributed by atoms with Crippen LogP contribution in [-0.4, -0.2) is 58.2 Å². The average Bonchev–Trinajstić information content (AvgIpc) is 2.96. The fraction of sp³-hybridized carbons (Fsp3) is 0.667. The van der Waals surface area contributed by atoms with E-state index in [4.69, 9.17) is 15.7 Å². The molecule has 0 unspecified atom stereocenters. The minimum atomic E-state index is -0.156. The third kappa shape index (κ3) is 4.94. The van der Waals surface area contributed by atoms with E-state index in [0.717, 1.165) is 11.5 Å². The number of aromatic nitrogens is 2. The Morgan fingerprint density at radius 1 is 1.52 bits per heavy atom. The number of hydrogen-bond acceptors (Lipinski definition) is 7. The number of carbonyl (C=O) groups is 1. The lowest BCUT2D eigenvalue weighted by Gasteiger charge is -2.21. The highest BCUT2D eigenvalue weighted by Gasteiger charge is 2.23. The Labute approximate surface area is 127 Å². The van der Waals surface area contributed by atoms with E-state index >= 15 is 0 Å². The zero-order chi connectivity index (χ0) is 15.8. The summed E-state index contributed by atoms with van der Waals surface area (Å²) in [5.41, 5.74) is 6.15. The van der Waals surface area contributed by atoms with Crippen molar-refractivity contribution < 1.29 is 14.7 Å². The van der Waals surface area contributed by atoms with Crippen LogP contribution in [0.15, 0.2) is 5.16 Å². The van der Waals surface area contributed by atoms with Gasteiger partial charge >= 0.3 is 0 Å². The first-order valence-corrected chi connectivity index (χ1v) is 7.35. The van der Waals surface area contributed by atoms with Crippen molar-refractivity contribution in [3.63, 3.8) is 0 Å². The van der Waals surface area contributed by atoms with Gasteiger partial charge in [-0.3, -0.25) is 4.79 Å². The van der Waals surface area contributed by atoms with Gasteiger partial charge in [-0.25, -0.2) is 0 Å². The minimum Gasteiger partial charge on any atom is -0.409 e. The molecule has 3 N–H and O–H groups in total. The number of methoxy groups -OCH3 is 1. The monoisotopic (exact) mass is 315 g/mol. The standard InChI is InChI=1S/C12H21N5O3S/c1-8(2)10-11(21-16-14-10)12(18)17(6-7-20-3)5-4-9(13)15-19/h8,19H,4-7H2,1-3H3,(H2,13,15). The van der Waals surface area contributed by atoms with Crippen molar-refractivity contribution in [2.45, 2.75) is 26.2 Å². The third-order valence-electron chi connectivity index (χ3n) is 2.87. The lowest BCUT2D eigenvalue weighted by atomic mass is 10.1. The van der Waals surface area contributed by atoms with Crippen LogP contribution < -0.4 is 5.73 Å². The molecule has 1 aromatic heterocycles. The van der Waals surface area contributed by atoms with Crippen LogP contribution in [0.3, 0.4) is 0 Å². The van der Waals surface area contributed by atoms with Crippen LogP contribution >= 0.6 is 11.5 Å². The van der Waals surface area contributed by atoms with Crippen molar-refractivity contribution in [3.8, 4) is 0 Å². The largest absolute Gasteiger partial charge is 0.409 e. The smallest absolute Gasteiger partial charge is 0.267 e. The van der Waals surface area contributed by atoms with Crippen molar-refractivity contribution >= 4 is 23.3 Å². The van der Waals surface area contributed by atoms with Crippen molar-refractivity contribution in [1.29, 1.82) is 0 Å². The molecule has 8 nitrogen and oxygen atoms in total. The number of hydrogen-bond donors (Lipinski definition) is 2. The van der Waals surface area contributed by atoms with Crippen molar-refractivity contribution in [2.75, 3.05) is 26.8 Å². The average molecular weight is 315 g/mol. The minimum absolute atomic E-state index is 0.0803. The van der Waals surface area contributed by atoms with E-state index in [1.54, 1.807) is 12.0 Å². The summed E-state index contributed by atoms with van der Waals surface area (Å²) < 4.78 is 8.88. The number of amides is 1. The molecule has 0 aromatic carbocycles. The molecule has 1 rings (SSSR count). The molecule has 0 saturated carbocycles. The summed E-state index contributed by atoms with van der Waals surface area (Å²) in [7, 11) is 1.57. The highest BCUT2D eigenvalue weighted by molar-refractivity contribution is 7.08. The van der Waals surface area contributed by atoms with Gasteiger partial charge < -0.3 is 20.6 Å². The van der Waals surface area contributed by atoms with Crippen LogP contribution in [0, 0.1) is 0 Å². The first-order chi connectivity index (χ1) is 10.0. The number of amidine groups is 1. The Hall–Kier alpha value is -1.74. The van der Waals surface area contributed by atoms with E-state index in [9.17, 15) is 4.79 Å². The summed E-state index contributed by atoms with van der Waals surface area (Å²) in [6.45, 7) is 5.09. The Kier molecular flexibility index (Phi) is 7.03. The van der Waals surface area contributed by atoms with Gasteiger partial charge in [0.05, 0.1) is 12.3 Å². The number of ether oxygens (including phenoxy) is 1. The van der Waals surface area contributed by atoms with Gasteiger partial charge in [-0.2, -0.15) is 0 Å². The summed E-state index contributed by atoms with van der Waals surface area (Å²) in [5, 5.41) is 15.5. The van der Waals surface area contributed by atoms with Crippen LogP contribution in [-0.2, 0) is 4.74 Å². The topological polar surface area (TPSA) is 114 Å². The van der Waals surface area contributed by atoms with Crippen LogP contribution in [0.1, 0.15) is 41.6 Å². The molecule has 118 valence electrons. The molecule has 0 aliphatic heterocycles. The lowest BCUT2D eigenvalue weighted by Crippen LogP contribution is -2.36. The Morgan fingerprint density at radius 2 is 2.24 bits per heavy atom. The van der Waals surface area contributed by atoms with E-state index in [1.165, 1.54) is 0 Å². The summed E-state index contributed by atoms with van der Waals surface area (Å²) in [4.78, 5) is 14.7.